The summed E-state index contributed by atoms with van der Waals surface area (Å²) in [5.74, 6) is 1.77. The van der Waals surface area contributed by atoms with Crippen molar-refractivity contribution in [2.45, 2.75) is 32.7 Å². The molecule has 0 amide bonds. The van der Waals surface area contributed by atoms with E-state index in [1.54, 1.807) is 7.11 Å². The van der Waals surface area contributed by atoms with Gasteiger partial charge < -0.3 is 10.1 Å². The molecule has 0 aliphatic carbocycles. The van der Waals surface area contributed by atoms with Gasteiger partial charge in [-0.1, -0.05) is 26.0 Å². The van der Waals surface area contributed by atoms with Crippen LogP contribution < -0.4 is 10.1 Å². The van der Waals surface area contributed by atoms with Crippen molar-refractivity contribution in [1.29, 1.82) is 0 Å². The van der Waals surface area contributed by atoms with Crippen molar-refractivity contribution in [2.24, 2.45) is 5.92 Å². The summed E-state index contributed by atoms with van der Waals surface area (Å²) in [5.41, 5.74) is 2.83. The molecule has 1 aliphatic rings. The normalized spacial score (nSPS) is 19.6. The van der Waals surface area contributed by atoms with Crippen LogP contribution >= 0.6 is 0 Å². The Hall–Kier alpha value is -1.02. The van der Waals surface area contributed by atoms with Crippen LogP contribution in [-0.4, -0.2) is 13.7 Å². The fraction of sp³-hybridized carbons (Fsp3) is 0.571. The minimum Gasteiger partial charge on any atom is -0.496 e. The smallest absolute Gasteiger partial charge is 0.122 e. The zero-order chi connectivity index (χ0) is 11.5. The Morgan fingerprint density at radius 1 is 1.44 bits per heavy atom. The molecule has 2 heteroatoms. The highest BCUT2D eigenvalue weighted by atomic mass is 16.5. The first kappa shape index (κ1) is 11.5. The van der Waals surface area contributed by atoms with Gasteiger partial charge in [0.25, 0.3) is 0 Å². The Morgan fingerprint density at radius 2 is 2.25 bits per heavy atom. The third-order valence-electron chi connectivity index (χ3n) is 3.24. The van der Waals surface area contributed by atoms with Gasteiger partial charge in [0.05, 0.1) is 7.11 Å². The van der Waals surface area contributed by atoms with Crippen LogP contribution in [0.2, 0.25) is 0 Å². The topological polar surface area (TPSA) is 21.3 Å². The van der Waals surface area contributed by atoms with E-state index < -0.39 is 0 Å². The number of nitrogens with one attached hydrogen (secondary N) is 1. The summed E-state index contributed by atoms with van der Waals surface area (Å²) in [6, 6.07) is 6.89. The molecule has 1 aromatic carbocycles. The van der Waals surface area contributed by atoms with E-state index in [0.717, 1.165) is 24.6 Å². The monoisotopic (exact) mass is 219 g/mol. The third kappa shape index (κ3) is 2.22. The lowest BCUT2D eigenvalue weighted by molar-refractivity contribution is 0.385. The van der Waals surface area contributed by atoms with Crippen LogP contribution in [0.1, 0.15) is 37.4 Å². The molecular formula is C14H21NO. The van der Waals surface area contributed by atoms with E-state index >= 15 is 0 Å². The molecule has 16 heavy (non-hydrogen) atoms. The summed E-state index contributed by atoms with van der Waals surface area (Å²) in [4.78, 5) is 0. The molecule has 88 valence electrons. The first-order chi connectivity index (χ1) is 7.72. The fourth-order valence-corrected chi connectivity index (χ4v) is 2.53. The fourth-order valence-electron chi connectivity index (χ4n) is 2.53. The van der Waals surface area contributed by atoms with Crippen LogP contribution in [0, 0.1) is 5.92 Å². The Morgan fingerprint density at radius 3 is 2.94 bits per heavy atom. The number of hydrogen-bond donors (Lipinski definition) is 1. The summed E-state index contributed by atoms with van der Waals surface area (Å²) in [6.07, 6.45) is 2.27. The average molecular weight is 219 g/mol. The van der Waals surface area contributed by atoms with Gasteiger partial charge in [-0.3, -0.25) is 0 Å². The van der Waals surface area contributed by atoms with Gasteiger partial charge in [-0.05, 0) is 36.9 Å². The molecular weight excluding hydrogens is 198 g/mol. The quantitative estimate of drug-likeness (QED) is 0.844. The third-order valence-corrected chi connectivity index (χ3v) is 3.24. The van der Waals surface area contributed by atoms with E-state index in [2.05, 4.69) is 37.4 Å². The largest absolute Gasteiger partial charge is 0.496 e. The van der Waals surface area contributed by atoms with Crippen molar-refractivity contribution in [3.8, 4) is 5.75 Å². The summed E-state index contributed by atoms with van der Waals surface area (Å²) < 4.78 is 5.44. The van der Waals surface area contributed by atoms with Gasteiger partial charge >= 0.3 is 0 Å². The van der Waals surface area contributed by atoms with Crippen LogP contribution in [0.15, 0.2) is 18.2 Å². The highest BCUT2D eigenvalue weighted by Crippen LogP contribution is 2.33. The Bertz CT molecular complexity index is 360. The lowest BCUT2D eigenvalue weighted by atomic mass is 9.89. The Kier molecular flexibility index (Phi) is 3.49. The summed E-state index contributed by atoms with van der Waals surface area (Å²) in [5, 5.41) is 3.60. The first-order valence-corrected chi connectivity index (χ1v) is 6.11. The molecule has 0 saturated carbocycles. The molecule has 0 radical (unpaired) electrons. The van der Waals surface area contributed by atoms with Crippen molar-refractivity contribution in [2.75, 3.05) is 13.7 Å². The van der Waals surface area contributed by atoms with Crippen LogP contribution in [0.25, 0.3) is 0 Å². The lowest BCUT2D eigenvalue weighted by Crippen LogP contribution is -2.31. The number of methoxy groups -OCH3 is 1. The maximum atomic E-state index is 5.44. The van der Waals surface area contributed by atoms with E-state index in [-0.39, 0.29) is 0 Å². The second-order valence-corrected chi connectivity index (χ2v) is 4.91. The van der Waals surface area contributed by atoms with E-state index in [1.165, 1.54) is 17.5 Å². The van der Waals surface area contributed by atoms with Crippen molar-refractivity contribution in [3.63, 3.8) is 0 Å². The van der Waals surface area contributed by atoms with Gasteiger partial charge in [-0.2, -0.15) is 0 Å². The summed E-state index contributed by atoms with van der Waals surface area (Å²) in [6.45, 7) is 5.61. The second-order valence-electron chi connectivity index (χ2n) is 4.91. The van der Waals surface area contributed by atoms with Gasteiger partial charge in [-0.15, -0.1) is 0 Å². The molecule has 2 rings (SSSR count). The minimum absolute atomic E-state index is 0.499. The molecule has 1 aliphatic heterocycles. The summed E-state index contributed by atoms with van der Waals surface area (Å²) in [7, 11) is 1.76. The molecule has 2 nitrogen and oxygen atoms in total. The van der Waals surface area contributed by atoms with Gasteiger partial charge in [0, 0.05) is 11.6 Å². The zero-order valence-electron chi connectivity index (χ0n) is 10.4. The van der Waals surface area contributed by atoms with Crippen LogP contribution in [0.4, 0.5) is 0 Å². The maximum Gasteiger partial charge on any atom is 0.122 e. The lowest BCUT2D eigenvalue weighted by Gasteiger charge is -2.29. The van der Waals surface area contributed by atoms with Crippen molar-refractivity contribution in [3.05, 3.63) is 29.3 Å². The molecule has 0 spiro atoms. The van der Waals surface area contributed by atoms with Crippen molar-refractivity contribution in [1.82, 2.24) is 5.32 Å². The van der Waals surface area contributed by atoms with Gasteiger partial charge in [-0.25, -0.2) is 0 Å². The van der Waals surface area contributed by atoms with E-state index in [0.29, 0.717) is 6.04 Å². The Balaban J connectivity index is 2.31. The van der Waals surface area contributed by atoms with Gasteiger partial charge in [0.15, 0.2) is 0 Å². The van der Waals surface area contributed by atoms with E-state index in [1.807, 2.05) is 0 Å². The van der Waals surface area contributed by atoms with Gasteiger partial charge in [0.1, 0.15) is 5.75 Å². The minimum atomic E-state index is 0.499. The van der Waals surface area contributed by atoms with Crippen LogP contribution in [-0.2, 0) is 6.42 Å². The van der Waals surface area contributed by atoms with E-state index in [9.17, 15) is 0 Å². The first-order valence-electron chi connectivity index (χ1n) is 6.11. The van der Waals surface area contributed by atoms with Crippen LogP contribution in [0.3, 0.4) is 0 Å². The molecule has 1 aromatic rings. The highest BCUT2D eigenvalue weighted by molar-refractivity contribution is 5.43. The Labute approximate surface area is 98.0 Å². The zero-order valence-corrected chi connectivity index (χ0v) is 10.4. The maximum absolute atomic E-state index is 5.44. The van der Waals surface area contributed by atoms with Crippen molar-refractivity contribution < 1.29 is 4.74 Å². The van der Waals surface area contributed by atoms with E-state index in [4.69, 9.17) is 4.74 Å². The SMILES string of the molecule is COc1cccc2c1CCNC2CC(C)C. The molecule has 1 unspecified atom stereocenters. The summed E-state index contributed by atoms with van der Waals surface area (Å²) >= 11 is 0. The van der Waals surface area contributed by atoms with Crippen molar-refractivity contribution >= 4 is 0 Å². The number of hydrogen-bond acceptors (Lipinski definition) is 2. The second kappa shape index (κ2) is 4.88. The molecule has 0 aromatic heterocycles. The highest BCUT2D eigenvalue weighted by Gasteiger charge is 2.22. The predicted molar refractivity (Wildman–Crippen MR) is 66.9 cm³/mol. The van der Waals surface area contributed by atoms with Crippen LogP contribution in [0.5, 0.6) is 5.75 Å². The number of benzene rings is 1. The number of ether oxygens (including phenoxy) is 1. The molecule has 1 atom stereocenters. The molecule has 1 heterocycles. The standard InChI is InChI=1S/C14H21NO/c1-10(2)9-13-11-5-4-6-14(16-3)12(11)7-8-15-13/h4-6,10,13,15H,7-9H2,1-3H3. The number of rotatable bonds is 3. The van der Waals surface area contributed by atoms with Gasteiger partial charge in [0.2, 0.25) is 0 Å². The molecule has 0 bridgehead atoms. The molecule has 0 fully saturated rings. The molecule has 0 saturated heterocycles. The molecule has 1 N–H and O–H groups in total. The average Bonchev–Trinajstić information content (AvgIpc) is 2.28. The number of fused-ring (bicyclic) bond motifs is 1. The predicted octanol–water partition coefficient (Wildman–Crippen LogP) is 2.93.